The van der Waals surface area contributed by atoms with E-state index in [9.17, 15) is 5.11 Å². The van der Waals surface area contributed by atoms with E-state index >= 15 is 0 Å². The lowest BCUT2D eigenvalue weighted by Crippen LogP contribution is -2.32. The molecule has 1 heterocycles. The Kier molecular flexibility index (Phi) is 3.98. The molecule has 2 aliphatic rings. The summed E-state index contributed by atoms with van der Waals surface area (Å²) in [4.78, 5) is 0. The minimum atomic E-state index is -0.0958. The number of hydrogen-bond acceptors (Lipinski definition) is 5. The Bertz CT molecular complexity index is 471. The zero-order valence-corrected chi connectivity index (χ0v) is 11.7. The molecule has 5 heteroatoms. The Hall–Kier alpha value is -1.46. The van der Waals surface area contributed by atoms with Crippen molar-refractivity contribution < 1.29 is 19.3 Å². The number of benzene rings is 1. The van der Waals surface area contributed by atoms with Gasteiger partial charge in [-0.25, -0.2) is 0 Å². The van der Waals surface area contributed by atoms with Gasteiger partial charge in [-0.1, -0.05) is 12.8 Å². The summed E-state index contributed by atoms with van der Waals surface area (Å²) in [6.45, 7) is 0.272. The monoisotopic (exact) mass is 279 g/mol. The van der Waals surface area contributed by atoms with Crippen LogP contribution in [0.2, 0.25) is 0 Å². The minimum Gasteiger partial charge on any atom is -0.493 e. The zero-order valence-electron chi connectivity index (χ0n) is 11.7. The largest absolute Gasteiger partial charge is 0.493 e. The molecule has 1 aromatic rings. The molecule has 0 amide bonds. The molecule has 5 nitrogen and oxygen atoms in total. The van der Waals surface area contributed by atoms with Gasteiger partial charge < -0.3 is 24.6 Å². The summed E-state index contributed by atoms with van der Waals surface area (Å²) in [6.07, 6.45) is 4.89. The molecule has 110 valence electrons. The fourth-order valence-corrected chi connectivity index (χ4v) is 2.98. The van der Waals surface area contributed by atoms with E-state index in [1.807, 2.05) is 12.1 Å². The van der Waals surface area contributed by atoms with Crippen LogP contribution >= 0.6 is 0 Å². The Morgan fingerprint density at radius 2 is 2.15 bits per heavy atom. The van der Waals surface area contributed by atoms with Crippen LogP contribution in [0.3, 0.4) is 0 Å². The van der Waals surface area contributed by atoms with Gasteiger partial charge in [0.05, 0.1) is 19.8 Å². The quantitative estimate of drug-likeness (QED) is 0.863. The van der Waals surface area contributed by atoms with Crippen molar-refractivity contribution in [2.75, 3.05) is 20.5 Å². The van der Waals surface area contributed by atoms with Crippen molar-refractivity contribution in [3.05, 3.63) is 17.7 Å². The molecule has 1 unspecified atom stereocenters. The number of hydrogen-bond donors (Lipinski definition) is 2. The average molecular weight is 279 g/mol. The molecule has 0 saturated heterocycles. The number of rotatable bonds is 5. The third-order valence-corrected chi connectivity index (χ3v) is 4.06. The smallest absolute Gasteiger partial charge is 0.231 e. The van der Waals surface area contributed by atoms with Crippen molar-refractivity contribution in [3.8, 4) is 17.2 Å². The van der Waals surface area contributed by atoms with E-state index in [0.717, 1.165) is 5.56 Å². The standard InChI is InChI=1S/C15H21NO4/c1-18-13-6-10(7-14-15(13)20-9-19-14)12(8-17)16-11-4-2-3-5-11/h6-7,11-12,16-17H,2-5,8-9H2,1H3. The number of fused-ring (bicyclic) bond motifs is 1. The molecule has 1 saturated carbocycles. The van der Waals surface area contributed by atoms with E-state index in [1.54, 1.807) is 7.11 Å². The molecule has 0 bridgehead atoms. The van der Waals surface area contributed by atoms with E-state index in [2.05, 4.69) is 5.32 Å². The van der Waals surface area contributed by atoms with Crippen LogP contribution in [-0.4, -0.2) is 31.7 Å². The second-order valence-electron chi connectivity index (χ2n) is 5.34. The fraction of sp³-hybridized carbons (Fsp3) is 0.600. The van der Waals surface area contributed by atoms with E-state index in [0.29, 0.717) is 23.3 Å². The first-order valence-electron chi connectivity index (χ1n) is 7.16. The molecule has 1 aromatic carbocycles. The lowest BCUT2D eigenvalue weighted by molar-refractivity contribution is 0.171. The molecule has 1 aliphatic carbocycles. The fourth-order valence-electron chi connectivity index (χ4n) is 2.98. The highest BCUT2D eigenvalue weighted by Gasteiger charge is 2.25. The van der Waals surface area contributed by atoms with Crippen LogP contribution in [0.25, 0.3) is 0 Å². The van der Waals surface area contributed by atoms with Crippen LogP contribution in [0.15, 0.2) is 12.1 Å². The molecule has 1 atom stereocenters. The summed E-state index contributed by atoms with van der Waals surface area (Å²) >= 11 is 0. The van der Waals surface area contributed by atoms with E-state index < -0.39 is 0 Å². The first-order valence-corrected chi connectivity index (χ1v) is 7.16. The number of ether oxygens (including phenoxy) is 3. The van der Waals surface area contributed by atoms with E-state index in [-0.39, 0.29) is 19.4 Å². The van der Waals surface area contributed by atoms with Crippen LogP contribution in [0.5, 0.6) is 17.2 Å². The summed E-state index contributed by atoms with van der Waals surface area (Å²) in [5, 5.41) is 13.2. The first kappa shape index (κ1) is 13.5. The summed E-state index contributed by atoms with van der Waals surface area (Å²) < 4.78 is 16.2. The predicted octanol–water partition coefficient (Wildman–Crippen LogP) is 1.99. The third-order valence-electron chi connectivity index (χ3n) is 4.06. The van der Waals surface area contributed by atoms with Crippen molar-refractivity contribution in [3.63, 3.8) is 0 Å². The Labute approximate surface area is 118 Å². The second-order valence-corrected chi connectivity index (χ2v) is 5.34. The summed E-state index contributed by atoms with van der Waals surface area (Å²) in [7, 11) is 1.61. The van der Waals surface area contributed by atoms with Gasteiger partial charge >= 0.3 is 0 Å². The average Bonchev–Trinajstić information content (AvgIpc) is 3.14. The molecular weight excluding hydrogens is 258 g/mol. The van der Waals surface area contributed by atoms with Crippen LogP contribution in [0.4, 0.5) is 0 Å². The Morgan fingerprint density at radius 3 is 2.85 bits per heavy atom. The lowest BCUT2D eigenvalue weighted by Gasteiger charge is -2.22. The summed E-state index contributed by atoms with van der Waals surface area (Å²) in [5.74, 6) is 1.99. The van der Waals surface area contributed by atoms with Crippen molar-refractivity contribution in [2.45, 2.75) is 37.8 Å². The molecular formula is C15H21NO4. The number of aliphatic hydroxyl groups excluding tert-OH is 1. The van der Waals surface area contributed by atoms with Gasteiger partial charge in [-0.2, -0.15) is 0 Å². The maximum absolute atomic E-state index is 9.68. The van der Waals surface area contributed by atoms with Crippen molar-refractivity contribution in [2.24, 2.45) is 0 Å². The SMILES string of the molecule is COc1cc(C(CO)NC2CCCC2)cc2c1OCO2. The van der Waals surface area contributed by atoms with Crippen molar-refractivity contribution >= 4 is 0 Å². The maximum Gasteiger partial charge on any atom is 0.231 e. The molecule has 3 rings (SSSR count). The van der Waals surface area contributed by atoms with Gasteiger partial charge in [0.1, 0.15) is 0 Å². The highest BCUT2D eigenvalue weighted by atomic mass is 16.7. The molecule has 1 fully saturated rings. The Morgan fingerprint density at radius 1 is 1.35 bits per heavy atom. The van der Waals surface area contributed by atoms with Crippen LogP contribution in [0.1, 0.15) is 37.3 Å². The Balaban J connectivity index is 1.83. The highest BCUT2D eigenvalue weighted by molar-refractivity contribution is 5.55. The van der Waals surface area contributed by atoms with Crippen LogP contribution in [-0.2, 0) is 0 Å². The van der Waals surface area contributed by atoms with Gasteiger partial charge in [-0.3, -0.25) is 0 Å². The predicted molar refractivity (Wildman–Crippen MR) is 74.3 cm³/mol. The highest BCUT2D eigenvalue weighted by Crippen LogP contribution is 2.43. The van der Waals surface area contributed by atoms with Gasteiger partial charge in [0, 0.05) is 6.04 Å². The van der Waals surface area contributed by atoms with Gasteiger partial charge in [0.15, 0.2) is 11.5 Å². The zero-order chi connectivity index (χ0) is 13.9. The third kappa shape index (κ3) is 2.55. The van der Waals surface area contributed by atoms with Crippen LogP contribution in [0, 0.1) is 0 Å². The molecule has 1 aliphatic heterocycles. The van der Waals surface area contributed by atoms with Crippen molar-refractivity contribution in [1.82, 2.24) is 5.32 Å². The van der Waals surface area contributed by atoms with E-state index in [4.69, 9.17) is 14.2 Å². The summed E-state index contributed by atoms with van der Waals surface area (Å²) in [5.41, 5.74) is 0.973. The number of nitrogens with one attached hydrogen (secondary N) is 1. The van der Waals surface area contributed by atoms with E-state index in [1.165, 1.54) is 25.7 Å². The van der Waals surface area contributed by atoms with Crippen LogP contribution < -0.4 is 19.5 Å². The second kappa shape index (κ2) is 5.89. The number of aliphatic hydroxyl groups is 1. The lowest BCUT2D eigenvalue weighted by atomic mass is 10.0. The maximum atomic E-state index is 9.68. The minimum absolute atomic E-state index is 0.0549. The summed E-state index contributed by atoms with van der Waals surface area (Å²) in [6, 6.07) is 4.23. The van der Waals surface area contributed by atoms with Crippen molar-refractivity contribution in [1.29, 1.82) is 0 Å². The normalized spacial score (nSPS) is 19.3. The number of methoxy groups -OCH3 is 1. The van der Waals surface area contributed by atoms with Gasteiger partial charge in [-0.15, -0.1) is 0 Å². The topological polar surface area (TPSA) is 60.0 Å². The molecule has 0 spiro atoms. The molecule has 0 aromatic heterocycles. The van der Waals surface area contributed by atoms with Gasteiger partial charge in [0.25, 0.3) is 0 Å². The molecule has 0 radical (unpaired) electrons. The van der Waals surface area contributed by atoms with Gasteiger partial charge in [-0.05, 0) is 30.5 Å². The molecule has 20 heavy (non-hydrogen) atoms. The molecule has 2 N–H and O–H groups in total. The first-order chi connectivity index (χ1) is 9.81. The van der Waals surface area contributed by atoms with Gasteiger partial charge in [0.2, 0.25) is 12.5 Å².